The summed E-state index contributed by atoms with van der Waals surface area (Å²) in [6.07, 6.45) is -0.0461. The molecule has 1 aromatic rings. The minimum atomic E-state index is -0.470. The summed E-state index contributed by atoms with van der Waals surface area (Å²) in [5.74, 6) is -0.231. The van der Waals surface area contributed by atoms with E-state index in [-0.39, 0.29) is 17.7 Å². The SMILES string of the molecule is COc1c(Cl)ccc(F)c1CC#N. The van der Waals surface area contributed by atoms with Gasteiger partial charge in [0.25, 0.3) is 0 Å². The van der Waals surface area contributed by atoms with E-state index in [1.807, 2.05) is 6.07 Å². The third-order valence-corrected chi connectivity index (χ3v) is 1.91. The number of nitrogens with zero attached hydrogens (tertiary/aromatic N) is 1. The highest BCUT2D eigenvalue weighted by Crippen LogP contribution is 2.30. The van der Waals surface area contributed by atoms with E-state index in [4.69, 9.17) is 21.6 Å². The van der Waals surface area contributed by atoms with Gasteiger partial charge < -0.3 is 4.74 Å². The maximum Gasteiger partial charge on any atom is 0.144 e. The van der Waals surface area contributed by atoms with Crippen LogP contribution in [0.1, 0.15) is 5.56 Å². The number of benzene rings is 1. The fraction of sp³-hybridized carbons (Fsp3) is 0.222. The van der Waals surface area contributed by atoms with Crippen molar-refractivity contribution in [3.8, 4) is 11.8 Å². The highest BCUT2D eigenvalue weighted by molar-refractivity contribution is 6.32. The maximum absolute atomic E-state index is 13.1. The summed E-state index contributed by atoms with van der Waals surface area (Å²) in [5.41, 5.74) is 0.206. The van der Waals surface area contributed by atoms with Crippen molar-refractivity contribution in [2.24, 2.45) is 0 Å². The molecule has 0 fully saturated rings. The van der Waals surface area contributed by atoms with Crippen molar-refractivity contribution >= 4 is 11.6 Å². The molecule has 0 aliphatic carbocycles. The number of halogens is 2. The van der Waals surface area contributed by atoms with Crippen molar-refractivity contribution < 1.29 is 9.13 Å². The average molecular weight is 200 g/mol. The van der Waals surface area contributed by atoms with E-state index in [2.05, 4.69) is 0 Å². The second kappa shape index (κ2) is 4.11. The molecule has 68 valence electrons. The van der Waals surface area contributed by atoms with Gasteiger partial charge >= 0.3 is 0 Å². The Morgan fingerprint density at radius 3 is 2.85 bits per heavy atom. The first kappa shape index (κ1) is 9.82. The number of nitriles is 1. The normalized spacial score (nSPS) is 9.38. The van der Waals surface area contributed by atoms with Crippen LogP contribution in [0.4, 0.5) is 4.39 Å². The molecule has 0 heterocycles. The van der Waals surface area contributed by atoms with Crippen LogP contribution in [0.25, 0.3) is 0 Å². The molecule has 0 aliphatic heterocycles. The van der Waals surface area contributed by atoms with E-state index in [0.717, 1.165) is 0 Å². The zero-order chi connectivity index (χ0) is 9.84. The molecule has 0 radical (unpaired) electrons. The minimum absolute atomic E-state index is 0.0461. The van der Waals surface area contributed by atoms with Crippen molar-refractivity contribution in [1.29, 1.82) is 5.26 Å². The molecule has 0 saturated heterocycles. The largest absolute Gasteiger partial charge is 0.495 e. The highest BCUT2D eigenvalue weighted by atomic mass is 35.5. The van der Waals surface area contributed by atoms with Gasteiger partial charge in [0.05, 0.1) is 24.6 Å². The van der Waals surface area contributed by atoms with Gasteiger partial charge in [-0.15, -0.1) is 0 Å². The van der Waals surface area contributed by atoms with E-state index < -0.39 is 5.82 Å². The van der Waals surface area contributed by atoms with Crippen LogP contribution < -0.4 is 4.74 Å². The van der Waals surface area contributed by atoms with Crippen LogP contribution in [0, 0.1) is 17.1 Å². The predicted octanol–water partition coefficient (Wildman–Crippen LogP) is 2.55. The van der Waals surface area contributed by atoms with Crippen LogP contribution in [0.3, 0.4) is 0 Å². The molecule has 0 atom stereocenters. The van der Waals surface area contributed by atoms with Crippen LogP contribution in [0.5, 0.6) is 5.75 Å². The molecular formula is C9H7ClFNO. The Bertz CT molecular complexity index is 359. The molecule has 4 heteroatoms. The van der Waals surface area contributed by atoms with Crippen molar-refractivity contribution in [2.45, 2.75) is 6.42 Å². The lowest BCUT2D eigenvalue weighted by molar-refractivity contribution is 0.406. The van der Waals surface area contributed by atoms with E-state index in [9.17, 15) is 4.39 Å². The number of ether oxygens (including phenoxy) is 1. The van der Waals surface area contributed by atoms with Gasteiger partial charge in [0, 0.05) is 5.56 Å². The van der Waals surface area contributed by atoms with E-state index in [1.54, 1.807) is 0 Å². The van der Waals surface area contributed by atoms with Crippen LogP contribution in [-0.4, -0.2) is 7.11 Å². The molecule has 0 amide bonds. The van der Waals surface area contributed by atoms with Crippen molar-refractivity contribution in [2.75, 3.05) is 7.11 Å². The summed E-state index contributed by atoms with van der Waals surface area (Å²) >= 11 is 5.74. The van der Waals surface area contributed by atoms with Crippen molar-refractivity contribution in [3.05, 3.63) is 28.5 Å². The van der Waals surface area contributed by atoms with Gasteiger partial charge in [-0.1, -0.05) is 11.6 Å². The van der Waals surface area contributed by atoms with Crippen molar-refractivity contribution in [3.63, 3.8) is 0 Å². The molecular weight excluding hydrogens is 193 g/mol. The molecule has 0 spiro atoms. The number of methoxy groups -OCH3 is 1. The second-order valence-electron chi connectivity index (χ2n) is 2.38. The Kier molecular flexibility index (Phi) is 3.10. The molecule has 0 bridgehead atoms. The number of hydrogen-bond donors (Lipinski definition) is 0. The molecule has 1 rings (SSSR count). The van der Waals surface area contributed by atoms with Gasteiger partial charge in [-0.05, 0) is 12.1 Å². The van der Waals surface area contributed by atoms with Crippen LogP contribution in [0.2, 0.25) is 5.02 Å². The molecule has 0 unspecified atom stereocenters. The monoisotopic (exact) mass is 199 g/mol. The van der Waals surface area contributed by atoms with Gasteiger partial charge in [0.2, 0.25) is 0 Å². The molecule has 0 N–H and O–H groups in total. The lowest BCUT2D eigenvalue weighted by Gasteiger charge is -2.07. The van der Waals surface area contributed by atoms with Gasteiger partial charge in [-0.2, -0.15) is 5.26 Å². The fourth-order valence-corrected chi connectivity index (χ4v) is 1.29. The van der Waals surface area contributed by atoms with Crippen molar-refractivity contribution in [1.82, 2.24) is 0 Å². The Morgan fingerprint density at radius 1 is 1.62 bits per heavy atom. The molecule has 1 aromatic carbocycles. The maximum atomic E-state index is 13.1. The van der Waals surface area contributed by atoms with Gasteiger partial charge in [0.1, 0.15) is 11.6 Å². The first-order chi connectivity index (χ1) is 6.20. The topological polar surface area (TPSA) is 33.0 Å². The molecule has 0 aliphatic rings. The Morgan fingerprint density at radius 2 is 2.31 bits per heavy atom. The van der Waals surface area contributed by atoms with E-state index in [1.165, 1.54) is 19.2 Å². The van der Waals surface area contributed by atoms with Gasteiger partial charge in [0.15, 0.2) is 0 Å². The fourth-order valence-electron chi connectivity index (χ4n) is 1.04. The van der Waals surface area contributed by atoms with Gasteiger partial charge in [-0.25, -0.2) is 4.39 Å². The van der Waals surface area contributed by atoms with Crippen LogP contribution >= 0.6 is 11.6 Å². The third-order valence-electron chi connectivity index (χ3n) is 1.62. The van der Waals surface area contributed by atoms with Crippen LogP contribution in [-0.2, 0) is 6.42 Å². The smallest absolute Gasteiger partial charge is 0.144 e. The third kappa shape index (κ3) is 1.90. The Hall–Kier alpha value is -1.27. The highest BCUT2D eigenvalue weighted by Gasteiger charge is 2.12. The molecule has 0 saturated carbocycles. The number of rotatable bonds is 2. The minimum Gasteiger partial charge on any atom is -0.495 e. The zero-order valence-electron chi connectivity index (χ0n) is 6.97. The Labute approximate surface area is 80.5 Å². The lowest BCUT2D eigenvalue weighted by atomic mass is 10.1. The summed E-state index contributed by atoms with van der Waals surface area (Å²) in [7, 11) is 1.39. The molecule has 0 aromatic heterocycles. The molecule has 13 heavy (non-hydrogen) atoms. The molecule has 2 nitrogen and oxygen atoms in total. The summed E-state index contributed by atoms with van der Waals surface area (Å²) in [6, 6.07) is 4.47. The average Bonchev–Trinajstić information content (AvgIpc) is 2.12. The van der Waals surface area contributed by atoms with E-state index >= 15 is 0 Å². The number of hydrogen-bond acceptors (Lipinski definition) is 2. The van der Waals surface area contributed by atoms with E-state index in [0.29, 0.717) is 5.02 Å². The standard InChI is InChI=1S/C9H7ClFNO/c1-13-9-6(4-5-12)8(11)3-2-7(9)10/h2-3H,4H2,1H3. The van der Waals surface area contributed by atoms with Crippen LogP contribution in [0.15, 0.2) is 12.1 Å². The Balaban J connectivity index is 3.27. The first-order valence-electron chi connectivity index (χ1n) is 3.58. The zero-order valence-corrected chi connectivity index (χ0v) is 7.73. The quantitative estimate of drug-likeness (QED) is 0.734. The predicted molar refractivity (Wildman–Crippen MR) is 47.3 cm³/mol. The second-order valence-corrected chi connectivity index (χ2v) is 2.78. The summed E-state index contributed by atoms with van der Waals surface area (Å²) in [5, 5.41) is 8.75. The first-order valence-corrected chi connectivity index (χ1v) is 3.96. The summed E-state index contributed by atoms with van der Waals surface area (Å²) < 4.78 is 18.0. The lowest BCUT2D eigenvalue weighted by Crippen LogP contribution is -1.95. The summed E-state index contributed by atoms with van der Waals surface area (Å²) in [4.78, 5) is 0. The summed E-state index contributed by atoms with van der Waals surface area (Å²) in [6.45, 7) is 0. The van der Waals surface area contributed by atoms with Gasteiger partial charge in [-0.3, -0.25) is 0 Å².